The van der Waals surface area contributed by atoms with Crippen LogP contribution >= 0.6 is 0 Å². The van der Waals surface area contributed by atoms with Crippen LogP contribution in [0.1, 0.15) is 17.7 Å². The molecule has 4 rings (SSSR count). The number of amides is 1. The fourth-order valence-electron chi connectivity index (χ4n) is 3.37. The van der Waals surface area contributed by atoms with Gasteiger partial charge in [-0.1, -0.05) is 18.2 Å². The Hall–Kier alpha value is -2.10. The lowest BCUT2D eigenvalue weighted by atomic mass is 9.94. The van der Waals surface area contributed by atoms with Gasteiger partial charge in [0.15, 0.2) is 0 Å². The summed E-state index contributed by atoms with van der Waals surface area (Å²) in [6.07, 6.45) is 6.46. The van der Waals surface area contributed by atoms with Crippen molar-refractivity contribution in [1.29, 1.82) is 0 Å². The molecule has 102 valence electrons. The van der Waals surface area contributed by atoms with Crippen molar-refractivity contribution in [2.45, 2.75) is 25.8 Å². The highest BCUT2D eigenvalue weighted by atomic mass is 16.2. The molecule has 4 heteroatoms. The Morgan fingerprint density at radius 2 is 2.15 bits per heavy atom. The molecule has 1 aromatic heterocycles. The highest BCUT2D eigenvalue weighted by Crippen LogP contribution is 2.31. The fraction of sp³-hybridized carbons (Fsp3) is 0.375. The SMILES string of the molecule is O=C(C1CCn2cncc2C1)N1CCc2ccccc21. The van der Waals surface area contributed by atoms with Gasteiger partial charge in [0, 0.05) is 43.0 Å². The van der Waals surface area contributed by atoms with E-state index < -0.39 is 0 Å². The summed E-state index contributed by atoms with van der Waals surface area (Å²) < 4.78 is 2.15. The van der Waals surface area contributed by atoms with E-state index in [-0.39, 0.29) is 11.8 Å². The van der Waals surface area contributed by atoms with Crippen molar-refractivity contribution >= 4 is 11.6 Å². The molecule has 1 aromatic carbocycles. The summed E-state index contributed by atoms with van der Waals surface area (Å²) in [5, 5.41) is 0. The van der Waals surface area contributed by atoms with Crippen molar-refractivity contribution in [2.24, 2.45) is 5.92 Å². The van der Waals surface area contributed by atoms with Crippen molar-refractivity contribution in [3.63, 3.8) is 0 Å². The molecule has 1 atom stereocenters. The molecule has 2 aliphatic heterocycles. The number of hydrogen-bond donors (Lipinski definition) is 0. The summed E-state index contributed by atoms with van der Waals surface area (Å²) in [6, 6.07) is 8.25. The molecule has 0 fully saturated rings. The Labute approximate surface area is 118 Å². The van der Waals surface area contributed by atoms with Crippen LogP contribution in [0.5, 0.6) is 0 Å². The largest absolute Gasteiger partial charge is 0.335 e. The number of rotatable bonds is 1. The maximum Gasteiger partial charge on any atom is 0.230 e. The zero-order valence-corrected chi connectivity index (χ0v) is 11.3. The summed E-state index contributed by atoms with van der Waals surface area (Å²) in [5.41, 5.74) is 3.58. The van der Waals surface area contributed by atoms with Gasteiger partial charge in [0.05, 0.1) is 6.33 Å². The zero-order valence-electron chi connectivity index (χ0n) is 11.3. The molecule has 1 amide bonds. The molecule has 3 heterocycles. The normalized spacial score (nSPS) is 20.6. The Bertz CT molecular complexity index is 661. The third-order valence-corrected chi connectivity index (χ3v) is 4.47. The predicted octanol–water partition coefficient (Wildman–Crippen LogP) is 2.03. The lowest BCUT2D eigenvalue weighted by Gasteiger charge is -2.27. The van der Waals surface area contributed by atoms with Crippen molar-refractivity contribution in [3.05, 3.63) is 48.0 Å². The third kappa shape index (κ3) is 1.75. The standard InChI is InChI=1S/C16H17N3O/c20-16(13-5-7-18-11-17-10-14(18)9-13)19-8-6-12-3-1-2-4-15(12)19/h1-4,10-11,13H,5-9H2. The quantitative estimate of drug-likeness (QED) is 0.793. The summed E-state index contributed by atoms with van der Waals surface area (Å²) in [4.78, 5) is 18.9. The molecule has 0 saturated carbocycles. The fourth-order valence-corrected chi connectivity index (χ4v) is 3.37. The van der Waals surface area contributed by atoms with E-state index in [0.29, 0.717) is 0 Å². The van der Waals surface area contributed by atoms with Gasteiger partial charge in [0.25, 0.3) is 0 Å². The van der Waals surface area contributed by atoms with Gasteiger partial charge in [-0.2, -0.15) is 0 Å². The number of para-hydroxylation sites is 1. The number of nitrogens with zero attached hydrogens (tertiary/aromatic N) is 3. The van der Waals surface area contributed by atoms with Crippen molar-refractivity contribution in [1.82, 2.24) is 9.55 Å². The maximum absolute atomic E-state index is 12.8. The van der Waals surface area contributed by atoms with E-state index in [1.165, 1.54) is 11.3 Å². The predicted molar refractivity (Wildman–Crippen MR) is 76.5 cm³/mol. The van der Waals surface area contributed by atoms with Crippen LogP contribution in [0.25, 0.3) is 0 Å². The van der Waals surface area contributed by atoms with Crippen LogP contribution in [0.4, 0.5) is 5.69 Å². The minimum Gasteiger partial charge on any atom is -0.335 e. The van der Waals surface area contributed by atoms with Crippen LogP contribution in [0.2, 0.25) is 0 Å². The Morgan fingerprint density at radius 1 is 1.25 bits per heavy atom. The number of carbonyl (C=O) groups is 1. The lowest BCUT2D eigenvalue weighted by Crippen LogP contribution is -2.38. The van der Waals surface area contributed by atoms with Gasteiger partial charge >= 0.3 is 0 Å². The van der Waals surface area contributed by atoms with Crippen LogP contribution in [-0.2, 0) is 24.2 Å². The van der Waals surface area contributed by atoms with E-state index in [2.05, 4.69) is 21.7 Å². The molecule has 0 saturated heterocycles. The second kappa shape index (κ2) is 4.47. The van der Waals surface area contributed by atoms with Gasteiger partial charge in [-0.15, -0.1) is 0 Å². The van der Waals surface area contributed by atoms with Gasteiger partial charge in [-0.25, -0.2) is 4.98 Å². The van der Waals surface area contributed by atoms with Crippen LogP contribution < -0.4 is 4.90 Å². The van der Waals surface area contributed by atoms with Gasteiger partial charge in [0.1, 0.15) is 0 Å². The third-order valence-electron chi connectivity index (χ3n) is 4.47. The second-order valence-corrected chi connectivity index (χ2v) is 5.64. The van der Waals surface area contributed by atoms with Gasteiger partial charge in [-0.05, 0) is 24.5 Å². The average Bonchev–Trinajstić information content (AvgIpc) is 3.12. The Kier molecular flexibility index (Phi) is 2.62. The molecule has 0 spiro atoms. The molecule has 0 N–H and O–H groups in total. The summed E-state index contributed by atoms with van der Waals surface area (Å²) in [5.74, 6) is 0.382. The van der Waals surface area contributed by atoms with Gasteiger partial charge in [0.2, 0.25) is 5.91 Å². The van der Waals surface area contributed by atoms with Crippen LogP contribution in [-0.4, -0.2) is 22.0 Å². The first-order valence-corrected chi connectivity index (χ1v) is 7.21. The first-order chi connectivity index (χ1) is 9.83. The lowest BCUT2D eigenvalue weighted by molar-refractivity contribution is -0.122. The minimum absolute atomic E-state index is 0.102. The summed E-state index contributed by atoms with van der Waals surface area (Å²) in [6.45, 7) is 1.73. The Balaban J connectivity index is 1.58. The second-order valence-electron chi connectivity index (χ2n) is 5.64. The number of aromatic nitrogens is 2. The van der Waals surface area contributed by atoms with E-state index in [1.54, 1.807) is 0 Å². The summed E-state index contributed by atoms with van der Waals surface area (Å²) in [7, 11) is 0. The van der Waals surface area contributed by atoms with E-state index in [1.807, 2.05) is 29.6 Å². The smallest absolute Gasteiger partial charge is 0.230 e. The van der Waals surface area contributed by atoms with Crippen molar-refractivity contribution in [3.8, 4) is 0 Å². The van der Waals surface area contributed by atoms with Crippen molar-refractivity contribution < 1.29 is 4.79 Å². The topological polar surface area (TPSA) is 38.1 Å². The first-order valence-electron chi connectivity index (χ1n) is 7.21. The number of aryl methyl sites for hydroxylation is 1. The molecule has 1 unspecified atom stereocenters. The number of fused-ring (bicyclic) bond motifs is 2. The van der Waals surface area contributed by atoms with E-state index >= 15 is 0 Å². The molecule has 2 aromatic rings. The molecular formula is C16H17N3O. The number of imidazole rings is 1. The Morgan fingerprint density at radius 3 is 3.10 bits per heavy atom. The molecule has 4 nitrogen and oxygen atoms in total. The highest BCUT2D eigenvalue weighted by molar-refractivity contribution is 5.97. The average molecular weight is 267 g/mol. The van der Waals surface area contributed by atoms with Crippen LogP contribution in [0, 0.1) is 5.92 Å². The van der Waals surface area contributed by atoms with E-state index in [4.69, 9.17) is 0 Å². The summed E-state index contributed by atoms with van der Waals surface area (Å²) >= 11 is 0. The highest BCUT2D eigenvalue weighted by Gasteiger charge is 2.32. The first kappa shape index (κ1) is 11.7. The molecular weight excluding hydrogens is 250 g/mol. The zero-order chi connectivity index (χ0) is 13.5. The van der Waals surface area contributed by atoms with Gasteiger partial charge in [-0.3, -0.25) is 4.79 Å². The monoisotopic (exact) mass is 267 g/mol. The van der Waals surface area contributed by atoms with Crippen molar-refractivity contribution in [2.75, 3.05) is 11.4 Å². The number of carbonyl (C=O) groups excluding carboxylic acids is 1. The van der Waals surface area contributed by atoms with Crippen LogP contribution in [0.15, 0.2) is 36.8 Å². The molecule has 0 aliphatic carbocycles. The molecule has 2 aliphatic rings. The van der Waals surface area contributed by atoms with Crippen LogP contribution in [0.3, 0.4) is 0 Å². The van der Waals surface area contributed by atoms with E-state index in [9.17, 15) is 4.79 Å². The van der Waals surface area contributed by atoms with Gasteiger partial charge < -0.3 is 9.47 Å². The minimum atomic E-state index is 0.102. The van der Waals surface area contributed by atoms with E-state index in [0.717, 1.165) is 38.0 Å². The molecule has 20 heavy (non-hydrogen) atoms. The number of hydrogen-bond acceptors (Lipinski definition) is 2. The number of anilines is 1. The maximum atomic E-state index is 12.8. The number of benzene rings is 1. The molecule has 0 radical (unpaired) electrons. The molecule has 0 bridgehead atoms.